The van der Waals surface area contributed by atoms with E-state index in [0.717, 1.165) is 28.6 Å². The zero-order valence-corrected chi connectivity index (χ0v) is 11.8. The number of rotatable bonds is 1. The number of ether oxygens (including phenoxy) is 1. The Morgan fingerprint density at radius 1 is 1.28 bits per heavy atom. The summed E-state index contributed by atoms with van der Waals surface area (Å²) < 4.78 is 7.07. The molecule has 3 heteroatoms. The highest BCUT2D eigenvalue weighted by atomic mass is 79.9. The van der Waals surface area contributed by atoms with Crippen molar-refractivity contribution in [1.82, 2.24) is 0 Å². The molecule has 2 unspecified atom stereocenters. The van der Waals surface area contributed by atoms with Crippen LogP contribution in [0.1, 0.15) is 37.4 Å². The second-order valence-corrected chi connectivity index (χ2v) is 6.05. The highest BCUT2D eigenvalue weighted by Crippen LogP contribution is 2.40. The van der Waals surface area contributed by atoms with Crippen LogP contribution in [0.3, 0.4) is 0 Å². The summed E-state index contributed by atoms with van der Waals surface area (Å²) in [6, 6.07) is 5.87. The molecule has 0 aromatic heterocycles. The van der Waals surface area contributed by atoms with E-state index in [2.05, 4.69) is 28.1 Å². The molecule has 18 heavy (non-hydrogen) atoms. The summed E-state index contributed by atoms with van der Waals surface area (Å²) in [7, 11) is 0. The fraction of sp³-hybridized carbons (Fsp3) is 0.467. The summed E-state index contributed by atoms with van der Waals surface area (Å²) in [6.45, 7) is 0. The fourth-order valence-corrected chi connectivity index (χ4v) is 3.27. The molecule has 1 heterocycles. The van der Waals surface area contributed by atoms with Crippen molar-refractivity contribution < 1.29 is 9.84 Å². The predicted octanol–water partition coefficient (Wildman–Crippen LogP) is 3.99. The predicted molar refractivity (Wildman–Crippen MR) is 74.6 cm³/mol. The Hall–Kier alpha value is -0.800. The second-order valence-electron chi connectivity index (χ2n) is 5.13. The molecule has 96 valence electrons. The van der Waals surface area contributed by atoms with E-state index in [-0.39, 0.29) is 6.10 Å². The van der Waals surface area contributed by atoms with Crippen LogP contribution in [-0.4, -0.2) is 11.2 Å². The van der Waals surface area contributed by atoms with Gasteiger partial charge >= 0.3 is 0 Å². The van der Waals surface area contributed by atoms with E-state index in [0.29, 0.717) is 12.3 Å². The quantitative estimate of drug-likeness (QED) is 0.795. The van der Waals surface area contributed by atoms with Crippen LogP contribution in [0.15, 0.2) is 34.8 Å². The van der Waals surface area contributed by atoms with Crippen LogP contribution in [0, 0.1) is 5.92 Å². The first-order chi connectivity index (χ1) is 8.74. The lowest BCUT2D eigenvalue weighted by molar-refractivity contribution is 0.0314. The maximum Gasteiger partial charge on any atom is 0.125 e. The van der Waals surface area contributed by atoms with Gasteiger partial charge in [0.2, 0.25) is 0 Å². The van der Waals surface area contributed by atoms with Crippen LogP contribution >= 0.6 is 15.9 Å². The fourth-order valence-electron chi connectivity index (χ4n) is 2.89. The maximum absolute atomic E-state index is 10.3. The van der Waals surface area contributed by atoms with E-state index < -0.39 is 6.10 Å². The Morgan fingerprint density at radius 3 is 2.94 bits per heavy atom. The Morgan fingerprint density at radius 2 is 2.17 bits per heavy atom. The van der Waals surface area contributed by atoms with E-state index in [1.54, 1.807) is 0 Å². The molecule has 1 aromatic rings. The zero-order chi connectivity index (χ0) is 12.5. The molecular weight excluding hydrogens is 292 g/mol. The minimum absolute atomic E-state index is 0.152. The minimum Gasteiger partial charge on any atom is -0.490 e. The average Bonchev–Trinajstić information content (AvgIpc) is 2.40. The number of allylic oxidation sites excluding steroid dienone is 2. The lowest BCUT2D eigenvalue weighted by Gasteiger charge is -2.35. The first-order valence-electron chi connectivity index (χ1n) is 6.53. The molecule has 0 amide bonds. The van der Waals surface area contributed by atoms with Crippen LogP contribution in [0.4, 0.5) is 0 Å². The zero-order valence-electron chi connectivity index (χ0n) is 10.2. The van der Waals surface area contributed by atoms with Crippen molar-refractivity contribution in [3.8, 4) is 5.75 Å². The maximum atomic E-state index is 10.3. The molecule has 0 saturated heterocycles. The van der Waals surface area contributed by atoms with Gasteiger partial charge in [-0.25, -0.2) is 0 Å². The van der Waals surface area contributed by atoms with E-state index in [1.165, 1.54) is 6.42 Å². The van der Waals surface area contributed by atoms with Crippen LogP contribution in [-0.2, 0) is 0 Å². The highest BCUT2D eigenvalue weighted by Gasteiger charge is 2.32. The smallest absolute Gasteiger partial charge is 0.125 e. The Kier molecular flexibility index (Phi) is 3.44. The number of benzene rings is 1. The molecule has 0 spiro atoms. The van der Waals surface area contributed by atoms with Crippen LogP contribution < -0.4 is 4.74 Å². The van der Waals surface area contributed by atoms with Gasteiger partial charge in [0.25, 0.3) is 0 Å². The molecule has 0 fully saturated rings. The molecular formula is C15H17BrO2. The van der Waals surface area contributed by atoms with Crippen LogP contribution in [0.25, 0.3) is 0 Å². The van der Waals surface area contributed by atoms with Gasteiger partial charge in [0.05, 0.1) is 6.10 Å². The monoisotopic (exact) mass is 308 g/mol. The highest BCUT2D eigenvalue weighted by molar-refractivity contribution is 9.10. The summed E-state index contributed by atoms with van der Waals surface area (Å²) in [6.07, 6.45) is 8.31. The van der Waals surface area contributed by atoms with Gasteiger partial charge in [-0.15, -0.1) is 0 Å². The van der Waals surface area contributed by atoms with Crippen LogP contribution in [0.2, 0.25) is 0 Å². The lowest BCUT2D eigenvalue weighted by atomic mass is 9.84. The topological polar surface area (TPSA) is 29.5 Å². The first-order valence-corrected chi connectivity index (χ1v) is 7.32. The average molecular weight is 309 g/mol. The van der Waals surface area contributed by atoms with Crippen molar-refractivity contribution in [2.24, 2.45) is 5.92 Å². The standard InChI is InChI=1S/C15H17BrO2/c16-11-6-7-14-12(8-11)13(17)9-15(18-14)10-4-2-1-3-5-10/h1-2,6-8,10,13,15,17H,3-5,9H2/t10?,13-,15?/m0/s1. The normalized spacial score (nSPS) is 30.7. The van der Waals surface area contributed by atoms with E-state index in [4.69, 9.17) is 4.74 Å². The van der Waals surface area contributed by atoms with Crippen molar-refractivity contribution in [3.63, 3.8) is 0 Å². The van der Waals surface area contributed by atoms with Gasteiger partial charge in [-0.2, -0.15) is 0 Å². The molecule has 1 aliphatic heterocycles. The van der Waals surface area contributed by atoms with Gasteiger partial charge < -0.3 is 9.84 Å². The van der Waals surface area contributed by atoms with Crippen molar-refractivity contribution in [2.75, 3.05) is 0 Å². The van der Waals surface area contributed by atoms with Crippen molar-refractivity contribution >= 4 is 15.9 Å². The SMILES string of the molecule is O[C@H]1CC(C2CC=CCC2)Oc2ccc(Br)cc21. The van der Waals surface area contributed by atoms with Crippen molar-refractivity contribution in [3.05, 3.63) is 40.4 Å². The van der Waals surface area contributed by atoms with E-state index in [1.807, 2.05) is 18.2 Å². The molecule has 0 saturated carbocycles. The van der Waals surface area contributed by atoms with Gasteiger partial charge in [-0.05, 0) is 43.4 Å². The Bertz CT molecular complexity index is 470. The lowest BCUT2D eigenvalue weighted by Crippen LogP contribution is -2.33. The van der Waals surface area contributed by atoms with Gasteiger partial charge in [-0.3, -0.25) is 0 Å². The number of aliphatic hydroxyl groups excluding tert-OH is 1. The third-order valence-electron chi connectivity index (χ3n) is 3.90. The molecule has 2 nitrogen and oxygen atoms in total. The number of fused-ring (bicyclic) bond motifs is 1. The van der Waals surface area contributed by atoms with Gasteiger partial charge in [0, 0.05) is 16.5 Å². The third-order valence-corrected chi connectivity index (χ3v) is 4.39. The van der Waals surface area contributed by atoms with Crippen molar-refractivity contribution in [1.29, 1.82) is 0 Å². The first kappa shape index (κ1) is 12.2. The molecule has 3 atom stereocenters. The summed E-state index contributed by atoms with van der Waals surface area (Å²) in [5, 5.41) is 10.3. The molecule has 0 radical (unpaired) electrons. The minimum atomic E-state index is -0.401. The second kappa shape index (κ2) is 5.06. The summed E-state index contributed by atoms with van der Waals surface area (Å²) in [4.78, 5) is 0. The third kappa shape index (κ3) is 2.34. The molecule has 1 aromatic carbocycles. The number of hydrogen-bond acceptors (Lipinski definition) is 2. The van der Waals surface area contributed by atoms with Crippen molar-refractivity contribution in [2.45, 2.75) is 37.9 Å². The Labute approximate surface area is 116 Å². The molecule has 1 aliphatic carbocycles. The molecule has 0 bridgehead atoms. The largest absolute Gasteiger partial charge is 0.490 e. The van der Waals surface area contributed by atoms with Crippen LogP contribution in [0.5, 0.6) is 5.75 Å². The molecule has 3 rings (SSSR count). The number of aliphatic hydroxyl groups is 1. The van der Waals surface area contributed by atoms with E-state index >= 15 is 0 Å². The van der Waals surface area contributed by atoms with Gasteiger partial charge in [-0.1, -0.05) is 28.1 Å². The number of hydrogen-bond donors (Lipinski definition) is 1. The molecule has 1 N–H and O–H groups in total. The summed E-state index contributed by atoms with van der Waals surface area (Å²) >= 11 is 3.43. The van der Waals surface area contributed by atoms with Gasteiger partial charge in [0.1, 0.15) is 11.9 Å². The molecule has 2 aliphatic rings. The van der Waals surface area contributed by atoms with E-state index in [9.17, 15) is 5.11 Å². The Balaban J connectivity index is 1.82. The summed E-state index contributed by atoms with van der Waals surface area (Å²) in [5.41, 5.74) is 0.909. The van der Waals surface area contributed by atoms with Gasteiger partial charge in [0.15, 0.2) is 0 Å². The summed E-state index contributed by atoms with van der Waals surface area (Å²) in [5.74, 6) is 1.39. The number of halogens is 1.